The average molecular weight is 174 g/mol. The van der Waals surface area contributed by atoms with E-state index in [1.807, 2.05) is 0 Å². The third kappa shape index (κ3) is 9.39. The molecule has 2 N–H and O–H groups in total. The standard InChI is InChI=1S/Al.ClH.H2O.Zr.2H/h;1H;1H2;;;/q+1;;;;;/p-1. The van der Waals surface area contributed by atoms with E-state index in [0.717, 1.165) is 15.4 Å². The van der Waals surface area contributed by atoms with Crippen molar-refractivity contribution < 1.29 is 31.7 Å². The Morgan fingerprint density at radius 3 is 1.25 bits per heavy atom. The van der Waals surface area contributed by atoms with Gasteiger partial charge in [0.15, 0.2) is 0 Å². The molecule has 0 bridgehead atoms. The minimum absolute atomic E-state index is 0. The Balaban J connectivity index is -0.00000000500. The summed E-state index contributed by atoms with van der Waals surface area (Å²) < 4.78 is 0. The van der Waals surface area contributed by atoms with Crippen molar-refractivity contribution in [1.29, 1.82) is 0 Å². The fraction of sp³-hybridized carbons (Fsp3) is 0. The quantitative estimate of drug-likeness (QED) is 0.419. The molecule has 0 heterocycles. The maximum absolute atomic E-state index is 4.78. The molecular formula is H4AlClOZr. The minimum Gasteiger partial charge on any atom is -0.412 e. The van der Waals surface area contributed by atoms with Gasteiger partial charge in [0.1, 0.15) is 0 Å². The fourth-order valence-corrected chi connectivity index (χ4v) is 0. The molecule has 0 aliphatic carbocycles. The van der Waals surface area contributed by atoms with Crippen LogP contribution >= 0.6 is 10.0 Å². The van der Waals surface area contributed by atoms with Crippen LogP contribution in [0.2, 0.25) is 0 Å². The molecule has 4 heteroatoms. The molecule has 0 amide bonds. The second kappa shape index (κ2) is 22.6. The fourth-order valence-electron chi connectivity index (χ4n) is 0. The zero-order valence-electron chi connectivity index (χ0n) is 2.38. The molecule has 0 unspecified atom stereocenters. The minimum atomic E-state index is 0. The Kier molecular flexibility index (Phi) is 98.1. The molecule has 0 aromatic carbocycles. The van der Waals surface area contributed by atoms with Crippen molar-refractivity contribution in [2.45, 2.75) is 0 Å². The molecular weight excluding hydrogens is 170 g/mol. The number of hydrogen-bond acceptors (Lipinski definition) is 0. The molecule has 0 saturated heterocycles. The summed E-state index contributed by atoms with van der Waals surface area (Å²) in [5.41, 5.74) is 0. The van der Waals surface area contributed by atoms with Gasteiger partial charge in [0, 0.05) is 26.2 Å². The predicted octanol–water partition coefficient (Wildman–Crippen LogP) is -1.05. The molecule has 0 aromatic rings. The maximum atomic E-state index is 4.78. The number of halogens is 1. The van der Waals surface area contributed by atoms with Crippen LogP contribution in [0.5, 0.6) is 0 Å². The monoisotopic (exact) mass is 172 g/mol. The zero-order chi connectivity index (χ0) is 2.00. The van der Waals surface area contributed by atoms with Gasteiger partial charge >= 0.3 is 15.4 Å². The first-order valence-corrected chi connectivity index (χ1v) is 3.40. The average Bonchev–Trinajstić information content (AvgIpc) is 1.00. The molecule has 1 nitrogen and oxygen atoms in total. The van der Waals surface area contributed by atoms with Gasteiger partial charge in [-0.1, -0.05) is 0 Å². The molecule has 0 spiro atoms. The topological polar surface area (TPSA) is 31.5 Å². The Morgan fingerprint density at radius 2 is 1.25 bits per heavy atom. The van der Waals surface area contributed by atoms with E-state index in [4.69, 9.17) is 10.0 Å². The van der Waals surface area contributed by atoms with E-state index in [1.54, 1.807) is 0 Å². The van der Waals surface area contributed by atoms with Crippen LogP contribution in [0.15, 0.2) is 0 Å². The van der Waals surface area contributed by atoms with E-state index >= 15 is 0 Å². The smallest absolute Gasteiger partial charge is 0.353 e. The van der Waals surface area contributed by atoms with Crippen LogP contribution in [-0.4, -0.2) is 20.8 Å². The largest absolute Gasteiger partial charge is 0.412 e. The van der Waals surface area contributed by atoms with Crippen LogP contribution in [-0.2, 0) is 26.2 Å². The van der Waals surface area contributed by atoms with Gasteiger partial charge in [0.05, 0.1) is 0 Å². The van der Waals surface area contributed by atoms with E-state index in [0.29, 0.717) is 0 Å². The van der Waals surface area contributed by atoms with Crippen LogP contribution in [0.1, 0.15) is 0 Å². The van der Waals surface area contributed by atoms with Gasteiger partial charge in [0.2, 0.25) is 0 Å². The summed E-state index contributed by atoms with van der Waals surface area (Å²) in [6.07, 6.45) is 0. The van der Waals surface area contributed by atoms with E-state index in [-0.39, 0.29) is 31.7 Å². The van der Waals surface area contributed by atoms with E-state index in [2.05, 4.69) is 0 Å². The zero-order valence-corrected chi connectivity index (χ0v) is 7.59. The van der Waals surface area contributed by atoms with Crippen molar-refractivity contribution in [3.05, 3.63) is 0 Å². The second-order valence-electron chi connectivity index (χ2n) is 0. The van der Waals surface area contributed by atoms with Gasteiger partial charge in [0.25, 0.3) is 0 Å². The van der Waals surface area contributed by atoms with Crippen molar-refractivity contribution in [3.63, 3.8) is 0 Å². The Hall–Kier alpha value is 1.67. The first-order chi connectivity index (χ1) is 1.00. The van der Waals surface area contributed by atoms with Crippen molar-refractivity contribution in [1.82, 2.24) is 0 Å². The molecule has 0 aromatic heterocycles. The molecule has 0 radical (unpaired) electrons. The molecule has 24 valence electrons. The van der Waals surface area contributed by atoms with Gasteiger partial charge in [-0.2, -0.15) is 0 Å². The summed E-state index contributed by atoms with van der Waals surface area (Å²) in [5.74, 6) is 0. The molecule has 0 fully saturated rings. The second-order valence-corrected chi connectivity index (χ2v) is 0. The molecule has 0 atom stereocenters. The van der Waals surface area contributed by atoms with E-state index < -0.39 is 0 Å². The summed E-state index contributed by atoms with van der Waals surface area (Å²) in [7, 11) is 4.78. The van der Waals surface area contributed by atoms with Gasteiger partial charge in [-0.15, -0.1) is 0 Å². The Morgan fingerprint density at radius 1 is 1.25 bits per heavy atom. The van der Waals surface area contributed by atoms with E-state index in [1.165, 1.54) is 0 Å². The Bertz CT molecular complexity index is 8.00. The summed E-state index contributed by atoms with van der Waals surface area (Å²) in [4.78, 5) is 0. The van der Waals surface area contributed by atoms with Gasteiger partial charge in [-0.25, -0.2) is 0 Å². The van der Waals surface area contributed by atoms with Crippen LogP contribution in [0.4, 0.5) is 0 Å². The van der Waals surface area contributed by atoms with Crippen molar-refractivity contribution in [2.24, 2.45) is 0 Å². The van der Waals surface area contributed by atoms with Crippen molar-refractivity contribution in [2.75, 3.05) is 0 Å². The number of hydrogen-bond donors (Lipinski definition) is 0. The van der Waals surface area contributed by atoms with Crippen molar-refractivity contribution >= 4 is 25.4 Å². The molecule has 0 aliphatic rings. The van der Waals surface area contributed by atoms with Crippen LogP contribution in [0.3, 0.4) is 0 Å². The van der Waals surface area contributed by atoms with Gasteiger partial charge in [-0.05, 0) is 0 Å². The van der Waals surface area contributed by atoms with Gasteiger partial charge < -0.3 is 5.48 Å². The third-order valence-corrected chi connectivity index (χ3v) is 0. The molecule has 0 rings (SSSR count). The van der Waals surface area contributed by atoms with Crippen LogP contribution < -0.4 is 0 Å². The van der Waals surface area contributed by atoms with Crippen molar-refractivity contribution in [3.8, 4) is 0 Å². The summed E-state index contributed by atoms with van der Waals surface area (Å²) in [6.45, 7) is 0. The maximum Gasteiger partial charge on any atom is 0.353 e. The van der Waals surface area contributed by atoms with Gasteiger partial charge in [-0.3, -0.25) is 10.0 Å². The first-order valence-electron chi connectivity index (χ1n) is 0.378. The first kappa shape index (κ1) is 17.4. The molecule has 0 saturated carbocycles. The predicted molar refractivity (Wildman–Crippen MR) is 18.0 cm³/mol. The third-order valence-electron chi connectivity index (χ3n) is 0. The van der Waals surface area contributed by atoms with Crippen LogP contribution in [0.25, 0.3) is 0 Å². The number of rotatable bonds is 0. The molecule has 4 heavy (non-hydrogen) atoms. The van der Waals surface area contributed by atoms with Crippen LogP contribution in [0, 0.1) is 0 Å². The summed E-state index contributed by atoms with van der Waals surface area (Å²) in [5, 5.41) is 0. The Labute approximate surface area is 56.8 Å². The van der Waals surface area contributed by atoms with E-state index in [9.17, 15) is 0 Å². The summed E-state index contributed by atoms with van der Waals surface area (Å²) >= 11 is 0.778. The SMILES string of the molecule is O.[AlH2][Cl].[Zr]. The normalized spacial score (nSPS) is 1.25. The summed E-state index contributed by atoms with van der Waals surface area (Å²) in [6, 6.07) is 0. The molecule has 0 aliphatic heterocycles.